The molecule has 0 aromatic heterocycles. The Morgan fingerprint density at radius 3 is 2.65 bits per heavy atom. The third-order valence-electron chi connectivity index (χ3n) is 2.61. The molecule has 0 radical (unpaired) electrons. The molecule has 3 amide bonds. The smallest absolute Gasteiger partial charge is 0.316 e. The predicted octanol–water partition coefficient (Wildman–Crippen LogP) is 1.11. The van der Waals surface area contributed by atoms with E-state index in [4.69, 9.17) is 10.8 Å². The topological polar surface area (TPSA) is 113 Å². The molecule has 0 heterocycles. The molecule has 1 aromatic rings. The zero-order valence-corrected chi connectivity index (χ0v) is 11.1. The number of rotatable bonds is 6. The second-order valence-electron chi connectivity index (χ2n) is 4.29. The number of carbonyl (C=O) groups is 3. The number of amides is 3. The van der Waals surface area contributed by atoms with Crippen molar-refractivity contribution in [3.8, 4) is 0 Å². The fourth-order valence-electron chi connectivity index (χ4n) is 1.66. The summed E-state index contributed by atoms with van der Waals surface area (Å²) in [7, 11) is 1.60. The van der Waals surface area contributed by atoms with Crippen molar-refractivity contribution in [1.82, 2.24) is 4.90 Å². The van der Waals surface area contributed by atoms with E-state index in [0.29, 0.717) is 24.2 Å². The summed E-state index contributed by atoms with van der Waals surface area (Å²) < 4.78 is 0. The van der Waals surface area contributed by atoms with Gasteiger partial charge in [-0.3, -0.25) is 9.59 Å². The average Bonchev–Trinajstić information content (AvgIpc) is 2.36. The van der Waals surface area contributed by atoms with E-state index < -0.39 is 12.0 Å². The molecule has 7 heteroatoms. The number of aliphatic carboxylic acids is 1. The first-order valence-corrected chi connectivity index (χ1v) is 6.04. The number of carbonyl (C=O) groups excluding carboxylic acids is 2. The molecule has 0 fully saturated rings. The van der Waals surface area contributed by atoms with Gasteiger partial charge < -0.3 is 21.1 Å². The highest BCUT2D eigenvalue weighted by Gasteiger charge is 2.12. The molecule has 0 atom stereocenters. The van der Waals surface area contributed by atoms with E-state index in [1.54, 1.807) is 25.2 Å². The van der Waals surface area contributed by atoms with Crippen molar-refractivity contribution in [2.45, 2.75) is 12.8 Å². The lowest BCUT2D eigenvalue weighted by atomic mass is 10.1. The third kappa shape index (κ3) is 4.97. The Morgan fingerprint density at radius 2 is 2.05 bits per heavy atom. The fourth-order valence-corrected chi connectivity index (χ4v) is 1.66. The molecule has 0 saturated heterocycles. The second-order valence-corrected chi connectivity index (χ2v) is 4.29. The minimum atomic E-state index is -0.890. The molecule has 0 aliphatic rings. The van der Waals surface area contributed by atoms with Crippen LogP contribution in [0, 0.1) is 0 Å². The first-order chi connectivity index (χ1) is 9.40. The maximum absolute atomic E-state index is 12.1. The van der Waals surface area contributed by atoms with Crippen LogP contribution in [-0.4, -0.2) is 41.5 Å². The van der Waals surface area contributed by atoms with Gasteiger partial charge in [0.2, 0.25) is 0 Å². The third-order valence-corrected chi connectivity index (χ3v) is 2.61. The molecule has 108 valence electrons. The number of primary amides is 1. The number of urea groups is 1. The number of nitrogens with two attached hydrogens (primary N) is 1. The summed E-state index contributed by atoms with van der Waals surface area (Å²) in [4.78, 5) is 34.7. The number of hydrogen-bond acceptors (Lipinski definition) is 3. The molecule has 7 nitrogen and oxygen atoms in total. The van der Waals surface area contributed by atoms with E-state index >= 15 is 0 Å². The van der Waals surface area contributed by atoms with Crippen LogP contribution in [0.5, 0.6) is 0 Å². The minimum Gasteiger partial charge on any atom is -0.481 e. The van der Waals surface area contributed by atoms with Crippen LogP contribution in [0.2, 0.25) is 0 Å². The summed E-state index contributed by atoms with van der Waals surface area (Å²) in [6.07, 6.45) is 0.400. The molecule has 0 spiro atoms. The normalized spacial score (nSPS) is 9.85. The van der Waals surface area contributed by atoms with E-state index in [2.05, 4.69) is 5.32 Å². The summed E-state index contributed by atoms with van der Waals surface area (Å²) in [6.45, 7) is 0.346. The van der Waals surface area contributed by atoms with Gasteiger partial charge in [-0.2, -0.15) is 0 Å². The molecule has 20 heavy (non-hydrogen) atoms. The van der Waals surface area contributed by atoms with Crippen LogP contribution in [0.4, 0.5) is 10.5 Å². The van der Waals surface area contributed by atoms with Gasteiger partial charge in [0.15, 0.2) is 0 Å². The standard InChI is InChI=1S/C13H17N3O4/c1-16(7-3-6-11(17)18)12(19)9-4-2-5-10(8-9)15-13(14)20/h2,4-5,8H,3,6-7H2,1H3,(H,17,18)(H3,14,15,20). The molecule has 1 rings (SSSR count). The van der Waals surface area contributed by atoms with Crippen molar-refractivity contribution < 1.29 is 19.5 Å². The molecular formula is C13H17N3O4. The summed E-state index contributed by atoms with van der Waals surface area (Å²) in [6, 6.07) is 5.67. The lowest BCUT2D eigenvalue weighted by Gasteiger charge is -2.17. The zero-order chi connectivity index (χ0) is 15.1. The van der Waals surface area contributed by atoms with Gasteiger partial charge in [0.25, 0.3) is 5.91 Å². The highest BCUT2D eigenvalue weighted by Crippen LogP contribution is 2.12. The van der Waals surface area contributed by atoms with Crippen molar-refractivity contribution >= 4 is 23.6 Å². The SMILES string of the molecule is CN(CCCC(=O)O)C(=O)c1cccc(NC(N)=O)c1. The van der Waals surface area contributed by atoms with Crippen LogP contribution >= 0.6 is 0 Å². The molecule has 0 aliphatic heterocycles. The number of carboxylic acid groups (broad SMARTS) is 1. The number of nitrogens with zero attached hydrogens (tertiary/aromatic N) is 1. The monoisotopic (exact) mass is 279 g/mol. The highest BCUT2D eigenvalue weighted by molar-refractivity contribution is 5.96. The van der Waals surface area contributed by atoms with Crippen molar-refractivity contribution in [3.63, 3.8) is 0 Å². The number of carboxylic acids is 1. The first kappa shape index (κ1) is 15.5. The number of benzene rings is 1. The number of nitrogens with one attached hydrogen (secondary N) is 1. The van der Waals surface area contributed by atoms with E-state index in [1.807, 2.05) is 0 Å². The molecule has 1 aromatic carbocycles. The van der Waals surface area contributed by atoms with Crippen LogP contribution < -0.4 is 11.1 Å². The molecule has 0 saturated carbocycles. The van der Waals surface area contributed by atoms with Crippen LogP contribution in [0.3, 0.4) is 0 Å². The van der Waals surface area contributed by atoms with Crippen molar-refractivity contribution in [1.29, 1.82) is 0 Å². The van der Waals surface area contributed by atoms with Gasteiger partial charge in [-0.1, -0.05) is 6.07 Å². The van der Waals surface area contributed by atoms with E-state index in [0.717, 1.165) is 0 Å². The predicted molar refractivity (Wildman–Crippen MR) is 73.5 cm³/mol. The highest BCUT2D eigenvalue weighted by atomic mass is 16.4. The summed E-state index contributed by atoms with van der Waals surface area (Å²) in [5.74, 6) is -1.14. The van der Waals surface area contributed by atoms with Gasteiger partial charge in [-0.25, -0.2) is 4.79 Å². The van der Waals surface area contributed by atoms with Crippen molar-refractivity contribution in [2.24, 2.45) is 5.73 Å². The Labute approximate surface area is 116 Å². The van der Waals surface area contributed by atoms with Gasteiger partial charge in [-0.05, 0) is 24.6 Å². The average molecular weight is 279 g/mol. The van der Waals surface area contributed by atoms with Gasteiger partial charge in [0.05, 0.1) is 0 Å². The summed E-state index contributed by atoms with van der Waals surface area (Å²) >= 11 is 0. The van der Waals surface area contributed by atoms with E-state index in [1.165, 1.54) is 11.0 Å². The first-order valence-electron chi connectivity index (χ1n) is 6.04. The molecule has 4 N–H and O–H groups in total. The second kappa shape index (κ2) is 7.13. The molecule has 0 unspecified atom stereocenters. The maximum atomic E-state index is 12.1. The fraction of sp³-hybridized carbons (Fsp3) is 0.308. The van der Waals surface area contributed by atoms with Gasteiger partial charge in [0.1, 0.15) is 0 Å². The Hall–Kier alpha value is -2.57. The Morgan fingerprint density at radius 1 is 1.35 bits per heavy atom. The molecule has 0 aliphatic carbocycles. The Kier molecular flexibility index (Phi) is 5.52. The largest absolute Gasteiger partial charge is 0.481 e. The van der Waals surface area contributed by atoms with Crippen molar-refractivity contribution in [2.75, 3.05) is 18.9 Å². The maximum Gasteiger partial charge on any atom is 0.316 e. The van der Waals surface area contributed by atoms with Gasteiger partial charge in [0, 0.05) is 31.3 Å². The van der Waals surface area contributed by atoms with Crippen LogP contribution in [0.25, 0.3) is 0 Å². The number of hydrogen-bond donors (Lipinski definition) is 3. The van der Waals surface area contributed by atoms with E-state index in [-0.39, 0.29) is 12.3 Å². The Balaban J connectivity index is 2.66. The summed E-state index contributed by atoms with van der Waals surface area (Å²) in [5.41, 5.74) is 5.83. The van der Waals surface area contributed by atoms with Crippen LogP contribution in [0.15, 0.2) is 24.3 Å². The van der Waals surface area contributed by atoms with Gasteiger partial charge in [-0.15, -0.1) is 0 Å². The lowest BCUT2D eigenvalue weighted by Crippen LogP contribution is -2.28. The Bertz CT molecular complexity index is 516. The van der Waals surface area contributed by atoms with Crippen molar-refractivity contribution in [3.05, 3.63) is 29.8 Å². The number of anilines is 1. The zero-order valence-electron chi connectivity index (χ0n) is 11.1. The molecule has 0 bridgehead atoms. The minimum absolute atomic E-state index is 0.0148. The van der Waals surface area contributed by atoms with Crippen LogP contribution in [0.1, 0.15) is 23.2 Å². The van der Waals surface area contributed by atoms with E-state index in [9.17, 15) is 14.4 Å². The van der Waals surface area contributed by atoms with Gasteiger partial charge >= 0.3 is 12.0 Å². The molecular weight excluding hydrogens is 262 g/mol. The van der Waals surface area contributed by atoms with Crippen LogP contribution in [-0.2, 0) is 4.79 Å². The summed E-state index contributed by atoms with van der Waals surface area (Å²) in [5, 5.41) is 10.9. The lowest BCUT2D eigenvalue weighted by molar-refractivity contribution is -0.137. The quantitative estimate of drug-likeness (QED) is 0.724.